The van der Waals surface area contributed by atoms with Crippen molar-refractivity contribution in [2.75, 3.05) is 13.2 Å². The summed E-state index contributed by atoms with van der Waals surface area (Å²) in [6.07, 6.45) is 1.73. The number of aryl methyl sites for hydroxylation is 2. The second-order valence-corrected chi connectivity index (χ2v) is 8.13. The van der Waals surface area contributed by atoms with E-state index in [4.69, 9.17) is 33.3 Å². The van der Waals surface area contributed by atoms with Gasteiger partial charge in [-0.1, -0.05) is 41.6 Å². The van der Waals surface area contributed by atoms with E-state index in [1.807, 2.05) is 18.2 Å². The molecule has 1 saturated heterocycles. The normalized spacial score (nSPS) is 15.1. The van der Waals surface area contributed by atoms with E-state index in [1.165, 1.54) is 22.9 Å². The summed E-state index contributed by atoms with van der Waals surface area (Å²) in [7, 11) is 0. The summed E-state index contributed by atoms with van der Waals surface area (Å²) < 4.78 is 12.0. The predicted molar refractivity (Wildman–Crippen MR) is 115 cm³/mol. The van der Waals surface area contributed by atoms with Crippen LogP contribution in [0.4, 0.5) is 0 Å². The Bertz CT molecular complexity index is 927. The van der Waals surface area contributed by atoms with Crippen LogP contribution in [-0.4, -0.2) is 23.4 Å². The maximum atomic E-state index is 11.9. The van der Waals surface area contributed by atoms with Crippen molar-refractivity contribution in [3.8, 4) is 11.5 Å². The maximum absolute atomic E-state index is 11.9. The molecule has 0 aromatic heterocycles. The molecule has 2 aromatic carbocycles. The van der Waals surface area contributed by atoms with Gasteiger partial charge in [-0.2, -0.15) is 0 Å². The monoisotopic (exact) mass is 419 g/mol. The molecule has 0 spiro atoms. The number of carbonyl (C=O) groups excluding carboxylic acids is 1. The van der Waals surface area contributed by atoms with E-state index in [9.17, 15) is 4.79 Å². The van der Waals surface area contributed by atoms with Gasteiger partial charge in [-0.3, -0.25) is 4.79 Å². The molecule has 0 radical (unpaired) electrons. The van der Waals surface area contributed by atoms with Crippen LogP contribution >= 0.6 is 35.6 Å². The molecule has 1 amide bonds. The fourth-order valence-corrected chi connectivity index (χ4v) is 3.66. The summed E-state index contributed by atoms with van der Waals surface area (Å²) >= 11 is 12.3. The molecule has 1 aliphatic rings. The minimum Gasteiger partial charge on any atom is -0.490 e. The first kappa shape index (κ1) is 19.7. The fourth-order valence-electron chi connectivity index (χ4n) is 2.44. The van der Waals surface area contributed by atoms with Crippen LogP contribution in [0.3, 0.4) is 0 Å². The number of halogens is 1. The molecule has 0 bridgehead atoms. The number of ether oxygens (including phenoxy) is 2. The molecule has 2 aromatic rings. The van der Waals surface area contributed by atoms with Gasteiger partial charge in [-0.15, -0.1) is 0 Å². The van der Waals surface area contributed by atoms with Crippen molar-refractivity contribution in [3.05, 3.63) is 63.0 Å². The van der Waals surface area contributed by atoms with Gasteiger partial charge in [0, 0.05) is 10.6 Å². The molecule has 4 nitrogen and oxygen atoms in total. The van der Waals surface area contributed by atoms with Crippen molar-refractivity contribution < 1.29 is 14.3 Å². The van der Waals surface area contributed by atoms with Gasteiger partial charge < -0.3 is 14.8 Å². The first-order chi connectivity index (χ1) is 12.9. The zero-order valence-electron chi connectivity index (χ0n) is 14.9. The average molecular weight is 420 g/mol. The zero-order valence-corrected chi connectivity index (χ0v) is 17.3. The first-order valence-corrected chi connectivity index (χ1v) is 9.90. The van der Waals surface area contributed by atoms with E-state index in [0.29, 0.717) is 33.2 Å². The highest BCUT2D eigenvalue weighted by Crippen LogP contribution is 2.31. The molecule has 27 heavy (non-hydrogen) atoms. The molecule has 1 fully saturated rings. The molecule has 140 valence electrons. The Morgan fingerprint density at radius 3 is 2.59 bits per heavy atom. The highest BCUT2D eigenvalue weighted by Gasteiger charge is 2.22. The minimum absolute atomic E-state index is 0.214. The number of thioether (sulfide) groups is 1. The summed E-state index contributed by atoms with van der Waals surface area (Å²) in [6.45, 7) is 4.88. The molecule has 1 heterocycles. The van der Waals surface area contributed by atoms with Crippen LogP contribution in [0.25, 0.3) is 6.08 Å². The van der Waals surface area contributed by atoms with Crippen LogP contribution in [0.1, 0.15) is 16.7 Å². The smallest absolute Gasteiger partial charge is 0.263 e. The zero-order chi connectivity index (χ0) is 19.4. The first-order valence-electron chi connectivity index (χ1n) is 8.29. The van der Waals surface area contributed by atoms with Gasteiger partial charge in [0.05, 0.1) is 4.91 Å². The minimum atomic E-state index is -0.214. The summed E-state index contributed by atoms with van der Waals surface area (Å²) in [4.78, 5) is 12.4. The Morgan fingerprint density at radius 1 is 1.11 bits per heavy atom. The van der Waals surface area contributed by atoms with Crippen LogP contribution in [0.2, 0.25) is 5.02 Å². The number of benzene rings is 2. The lowest BCUT2D eigenvalue weighted by Gasteiger charge is -2.12. The third kappa shape index (κ3) is 5.25. The Morgan fingerprint density at radius 2 is 1.89 bits per heavy atom. The Labute approximate surface area is 172 Å². The molecule has 0 atom stereocenters. The molecule has 0 unspecified atom stereocenters. The van der Waals surface area contributed by atoms with Gasteiger partial charge in [0.2, 0.25) is 0 Å². The standard InChI is InChI=1S/C20H18ClNO3S2/c1-12-3-5-16(9-13(12)2)24-7-8-25-17-6-4-15(21)10-14(17)11-18-19(23)22-20(26)27-18/h3-6,9-11H,7-8H2,1-2H3,(H,22,23,26)/b18-11-. The summed E-state index contributed by atoms with van der Waals surface area (Å²) in [5, 5.41) is 3.16. The van der Waals surface area contributed by atoms with Gasteiger partial charge in [0.25, 0.3) is 5.91 Å². The van der Waals surface area contributed by atoms with Crippen molar-refractivity contribution in [2.24, 2.45) is 0 Å². The third-order valence-electron chi connectivity index (χ3n) is 3.99. The number of nitrogens with one attached hydrogen (secondary N) is 1. The Kier molecular flexibility index (Phi) is 6.42. The summed E-state index contributed by atoms with van der Waals surface area (Å²) in [6, 6.07) is 11.3. The van der Waals surface area contributed by atoms with E-state index in [1.54, 1.807) is 24.3 Å². The van der Waals surface area contributed by atoms with Gasteiger partial charge in [-0.25, -0.2) is 0 Å². The van der Waals surface area contributed by atoms with Crippen LogP contribution in [-0.2, 0) is 4.79 Å². The predicted octanol–water partition coefficient (Wildman–Crippen LogP) is 4.90. The largest absolute Gasteiger partial charge is 0.490 e. The van der Waals surface area contributed by atoms with Crippen molar-refractivity contribution in [2.45, 2.75) is 13.8 Å². The lowest BCUT2D eigenvalue weighted by atomic mass is 10.1. The van der Waals surface area contributed by atoms with E-state index < -0.39 is 0 Å². The number of hydrogen-bond donors (Lipinski definition) is 1. The Balaban J connectivity index is 1.65. The number of rotatable bonds is 6. The van der Waals surface area contributed by atoms with Gasteiger partial charge in [0.1, 0.15) is 29.0 Å². The highest BCUT2D eigenvalue weighted by atomic mass is 35.5. The number of hydrogen-bond acceptors (Lipinski definition) is 5. The summed E-state index contributed by atoms with van der Waals surface area (Å²) in [5.41, 5.74) is 3.13. The average Bonchev–Trinajstić information content (AvgIpc) is 2.93. The lowest BCUT2D eigenvalue weighted by Crippen LogP contribution is -2.17. The highest BCUT2D eigenvalue weighted by molar-refractivity contribution is 8.26. The number of carbonyl (C=O) groups is 1. The quantitative estimate of drug-likeness (QED) is 0.410. The van der Waals surface area contributed by atoms with Gasteiger partial charge in [-0.05, 0) is 61.4 Å². The SMILES string of the molecule is Cc1ccc(OCCOc2ccc(Cl)cc2/C=C2\SC(=S)NC2=O)cc1C. The molecule has 7 heteroatoms. The van der Waals surface area contributed by atoms with Crippen LogP contribution in [0.15, 0.2) is 41.3 Å². The molecule has 1 aliphatic heterocycles. The molecule has 3 rings (SSSR count). The molecule has 0 aliphatic carbocycles. The van der Waals surface area contributed by atoms with E-state index in [2.05, 4.69) is 19.2 Å². The van der Waals surface area contributed by atoms with E-state index in [0.717, 1.165) is 11.3 Å². The van der Waals surface area contributed by atoms with Gasteiger partial charge >= 0.3 is 0 Å². The molecule has 0 saturated carbocycles. The van der Waals surface area contributed by atoms with E-state index >= 15 is 0 Å². The maximum Gasteiger partial charge on any atom is 0.263 e. The second-order valence-electron chi connectivity index (χ2n) is 5.98. The van der Waals surface area contributed by atoms with Crippen LogP contribution in [0, 0.1) is 13.8 Å². The number of thiocarbonyl (C=S) groups is 1. The van der Waals surface area contributed by atoms with Crippen molar-refractivity contribution in [1.29, 1.82) is 0 Å². The third-order valence-corrected chi connectivity index (χ3v) is 5.39. The Hall–Kier alpha value is -2.02. The second kappa shape index (κ2) is 8.78. The molecular weight excluding hydrogens is 402 g/mol. The molecule has 1 N–H and O–H groups in total. The topological polar surface area (TPSA) is 47.6 Å². The van der Waals surface area contributed by atoms with Gasteiger partial charge in [0.15, 0.2) is 0 Å². The van der Waals surface area contributed by atoms with Crippen molar-refractivity contribution in [1.82, 2.24) is 5.32 Å². The summed E-state index contributed by atoms with van der Waals surface area (Å²) in [5.74, 6) is 1.23. The van der Waals surface area contributed by atoms with Crippen LogP contribution in [0.5, 0.6) is 11.5 Å². The number of amides is 1. The molecular formula is C20H18ClNO3S2. The van der Waals surface area contributed by atoms with E-state index in [-0.39, 0.29) is 5.91 Å². The lowest BCUT2D eigenvalue weighted by molar-refractivity contribution is -0.115. The van der Waals surface area contributed by atoms with Crippen LogP contribution < -0.4 is 14.8 Å². The van der Waals surface area contributed by atoms with Crippen molar-refractivity contribution >= 4 is 51.9 Å². The fraction of sp³-hybridized carbons (Fsp3) is 0.200. The van der Waals surface area contributed by atoms with Crippen molar-refractivity contribution in [3.63, 3.8) is 0 Å².